The van der Waals surface area contributed by atoms with Crippen molar-refractivity contribution in [3.05, 3.63) is 53.1 Å². The van der Waals surface area contributed by atoms with Crippen LogP contribution in [0.1, 0.15) is 18.9 Å². The highest BCUT2D eigenvalue weighted by molar-refractivity contribution is 6.33. The molecule has 0 aliphatic carbocycles. The SMILES string of the molecule is CCCNCc1ccc(-c2cccc(OC)c2)c(Cl)c1. The summed E-state index contributed by atoms with van der Waals surface area (Å²) in [5.41, 5.74) is 3.31. The lowest BCUT2D eigenvalue weighted by atomic mass is 10.0. The molecular weight excluding hydrogens is 270 g/mol. The zero-order valence-electron chi connectivity index (χ0n) is 11.9. The first-order valence-corrected chi connectivity index (χ1v) is 7.26. The van der Waals surface area contributed by atoms with Crippen molar-refractivity contribution in [3.8, 4) is 16.9 Å². The van der Waals surface area contributed by atoms with Crippen molar-refractivity contribution in [2.24, 2.45) is 0 Å². The minimum absolute atomic E-state index is 0.772. The van der Waals surface area contributed by atoms with Gasteiger partial charge in [-0.25, -0.2) is 0 Å². The number of ether oxygens (including phenoxy) is 1. The van der Waals surface area contributed by atoms with E-state index >= 15 is 0 Å². The van der Waals surface area contributed by atoms with Gasteiger partial charge >= 0.3 is 0 Å². The summed E-state index contributed by atoms with van der Waals surface area (Å²) in [6, 6.07) is 14.2. The van der Waals surface area contributed by atoms with Crippen LogP contribution >= 0.6 is 11.6 Å². The number of nitrogens with one attached hydrogen (secondary N) is 1. The van der Waals surface area contributed by atoms with Crippen LogP contribution < -0.4 is 10.1 Å². The Bertz CT molecular complexity index is 569. The topological polar surface area (TPSA) is 21.3 Å². The van der Waals surface area contributed by atoms with Crippen molar-refractivity contribution >= 4 is 11.6 Å². The van der Waals surface area contributed by atoms with Crippen LogP contribution in [0.4, 0.5) is 0 Å². The molecule has 0 amide bonds. The molecule has 106 valence electrons. The molecule has 3 heteroatoms. The summed E-state index contributed by atoms with van der Waals surface area (Å²) < 4.78 is 5.25. The Morgan fingerprint density at radius 1 is 1.15 bits per heavy atom. The molecule has 0 radical (unpaired) electrons. The first-order valence-electron chi connectivity index (χ1n) is 6.88. The lowest BCUT2D eigenvalue weighted by Gasteiger charge is -2.09. The van der Waals surface area contributed by atoms with E-state index in [1.54, 1.807) is 7.11 Å². The highest BCUT2D eigenvalue weighted by Gasteiger charge is 2.05. The maximum Gasteiger partial charge on any atom is 0.119 e. The molecule has 0 bridgehead atoms. The van der Waals surface area contributed by atoms with Gasteiger partial charge in [0.1, 0.15) is 5.75 Å². The fourth-order valence-corrected chi connectivity index (χ4v) is 2.42. The molecule has 20 heavy (non-hydrogen) atoms. The lowest BCUT2D eigenvalue weighted by Crippen LogP contribution is -2.13. The van der Waals surface area contributed by atoms with Crippen LogP contribution in [-0.4, -0.2) is 13.7 Å². The Morgan fingerprint density at radius 2 is 2.00 bits per heavy atom. The van der Waals surface area contributed by atoms with Crippen LogP contribution in [0.25, 0.3) is 11.1 Å². The molecule has 0 aliphatic heterocycles. The quantitative estimate of drug-likeness (QED) is 0.790. The van der Waals surface area contributed by atoms with Gasteiger partial charge in [-0.15, -0.1) is 0 Å². The smallest absolute Gasteiger partial charge is 0.119 e. The number of rotatable bonds is 6. The minimum Gasteiger partial charge on any atom is -0.497 e. The summed E-state index contributed by atoms with van der Waals surface area (Å²) in [5.74, 6) is 0.840. The molecule has 0 aromatic heterocycles. The van der Waals surface area contributed by atoms with Crippen LogP contribution in [0, 0.1) is 0 Å². The summed E-state index contributed by atoms with van der Waals surface area (Å²) in [6.45, 7) is 4.03. The number of methoxy groups -OCH3 is 1. The molecule has 2 nitrogen and oxygen atoms in total. The maximum atomic E-state index is 6.40. The second-order valence-electron chi connectivity index (χ2n) is 4.72. The van der Waals surface area contributed by atoms with E-state index in [-0.39, 0.29) is 0 Å². The van der Waals surface area contributed by atoms with E-state index in [0.717, 1.165) is 41.4 Å². The Balaban J connectivity index is 2.20. The van der Waals surface area contributed by atoms with Crippen molar-refractivity contribution < 1.29 is 4.74 Å². The van der Waals surface area contributed by atoms with Crippen molar-refractivity contribution in [2.75, 3.05) is 13.7 Å². The average molecular weight is 290 g/mol. The molecular formula is C17H20ClNO. The van der Waals surface area contributed by atoms with Gasteiger partial charge in [0.05, 0.1) is 7.11 Å². The normalized spacial score (nSPS) is 10.6. The Kier molecular flexibility index (Phi) is 5.45. The molecule has 1 N–H and O–H groups in total. The molecule has 0 heterocycles. The fourth-order valence-electron chi connectivity index (χ4n) is 2.10. The van der Waals surface area contributed by atoms with Gasteiger partial charge in [-0.2, -0.15) is 0 Å². The first-order chi connectivity index (χ1) is 9.74. The predicted molar refractivity (Wildman–Crippen MR) is 85.4 cm³/mol. The van der Waals surface area contributed by atoms with Crippen LogP contribution in [0.15, 0.2) is 42.5 Å². The minimum atomic E-state index is 0.772. The third-order valence-electron chi connectivity index (χ3n) is 3.17. The third kappa shape index (κ3) is 3.75. The van der Waals surface area contributed by atoms with Crippen LogP contribution in [0.3, 0.4) is 0 Å². The number of hydrogen-bond donors (Lipinski definition) is 1. The highest BCUT2D eigenvalue weighted by Crippen LogP contribution is 2.30. The van der Waals surface area contributed by atoms with Crippen molar-refractivity contribution in [2.45, 2.75) is 19.9 Å². The molecule has 2 rings (SSSR count). The van der Waals surface area contributed by atoms with E-state index in [1.165, 1.54) is 5.56 Å². The van der Waals surface area contributed by atoms with Gasteiger partial charge in [-0.1, -0.05) is 42.8 Å². The highest BCUT2D eigenvalue weighted by atomic mass is 35.5. The number of halogens is 1. The molecule has 0 atom stereocenters. The zero-order valence-corrected chi connectivity index (χ0v) is 12.7. The molecule has 0 saturated heterocycles. The van der Waals surface area contributed by atoms with E-state index in [0.29, 0.717) is 0 Å². The van der Waals surface area contributed by atoms with Gasteiger partial charge in [-0.05, 0) is 42.3 Å². The van der Waals surface area contributed by atoms with Gasteiger partial charge in [0.15, 0.2) is 0 Å². The number of hydrogen-bond acceptors (Lipinski definition) is 2. The van der Waals surface area contributed by atoms with Gasteiger partial charge in [0.2, 0.25) is 0 Å². The van der Waals surface area contributed by atoms with E-state index in [9.17, 15) is 0 Å². The molecule has 0 spiro atoms. The zero-order chi connectivity index (χ0) is 14.4. The van der Waals surface area contributed by atoms with Crippen molar-refractivity contribution in [1.29, 1.82) is 0 Å². The van der Waals surface area contributed by atoms with Crippen molar-refractivity contribution in [1.82, 2.24) is 5.32 Å². The van der Waals surface area contributed by atoms with E-state index in [2.05, 4.69) is 24.4 Å². The second-order valence-corrected chi connectivity index (χ2v) is 5.13. The molecule has 2 aromatic rings. The van der Waals surface area contributed by atoms with E-state index < -0.39 is 0 Å². The molecule has 2 aromatic carbocycles. The first kappa shape index (κ1) is 14.9. The van der Waals surface area contributed by atoms with Crippen molar-refractivity contribution in [3.63, 3.8) is 0 Å². The molecule has 0 aliphatic rings. The maximum absolute atomic E-state index is 6.40. The molecule has 0 unspecified atom stereocenters. The summed E-state index contributed by atoms with van der Waals surface area (Å²) in [7, 11) is 1.67. The Morgan fingerprint density at radius 3 is 2.70 bits per heavy atom. The van der Waals surface area contributed by atoms with E-state index in [4.69, 9.17) is 16.3 Å². The molecule has 0 saturated carbocycles. The van der Waals surface area contributed by atoms with Gasteiger partial charge in [-0.3, -0.25) is 0 Å². The summed E-state index contributed by atoms with van der Waals surface area (Å²) in [4.78, 5) is 0. The third-order valence-corrected chi connectivity index (χ3v) is 3.48. The standard InChI is InChI=1S/C17H20ClNO/c1-3-9-19-12-13-7-8-16(17(18)10-13)14-5-4-6-15(11-14)20-2/h4-8,10-11,19H,3,9,12H2,1-2H3. The average Bonchev–Trinajstić information content (AvgIpc) is 2.48. The fraction of sp³-hybridized carbons (Fsp3) is 0.294. The summed E-state index contributed by atoms with van der Waals surface area (Å²) in [6.07, 6.45) is 1.13. The van der Waals surface area contributed by atoms with Crippen LogP contribution in [0.5, 0.6) is 5.75 Å². The van der Waals surface area contributed by atoms with Gasteiger partial charge in [0, 0.05) is 17.1 Å². The Hall–Kier alpha value is -1.51. The predicted octanol–water partition coefficient (Wildman–Crippen LogP) is 4.52. The van der Waals surface area contributed by atoms with Crippen LogP contribution in [-0.2, 0) is 6.54 Å². The summed E-state index contributed by atoms with van der Waals surface area (Å²) >= 11 is 6.40. The van der Waals surface area contributed by atoms with Gasteiger partial charge < -0.3 is 10.1 Å². The monoisotopic (exact) mass is 289 g/mol. The molecule has 0 fully saturated rings. The van der Waals surface area contributed by atoms with Gasteiger partial charge in [0.25, 0.3) is 0 Å². The Labute approximate surface area is 125 Å². The van der Waals surface area contributed by atoms with Crippen LogP contribution in [0.2, 0.25) is 5.02 Å². The second kappa shape index (κ2) is 7.32. The van der Waals surface area contributed by atoms with E-state index in [1.807, 2.05) is 30.3 Å². The largest absolute Gasteiger partial charge is 0.497 e. The number of benzene rings is 2. The summed E-state index contributed by atoms with van der Waals surface area (Å²) in [5, 5.41) is 4.15. The lowest BCUT2D eigenvalue weighted by molar-refractivity contribution is 0.415.